The molecule has 38 heavy (non-hydrogen) atoms. The molecule has 3 aliphatic rings. The van der Waals surface area contributed by atoms with E-state index in [1.165, 1.54) is 4.90 Å². The molecule has 3 aliphatic heterocycles. The minimum atomic E-state index is -1.27. The van der Waals surface area contributed by atoms with Crippen LogP contribution in [0.3, 0.4) is 0 Å². The molecular weight excluding hydrogens is 616 g/mol. The number of aliphatic hydroxyl groups excluding tert-OH is 1. The summed E-state index contributed by atoms with van der Waals surface area (Å²) < 4.78 is 18.1. The number of nitrogens with zero attached hydrogens (tertiary/aromatic N) is 2. The molecule has 7 nitrogen and oxygen atoms in total. The number of aliphatic hydroxyl groups is 1. The lowest BCUT2D eigenvalue weighted by Crippen LogP contribution is -2.59. The van der Waals surface area contributed by atoms with E-state index >= 15 is 0 Å². The lowest BCUT2D eigenvalue weighted by molar-refractivity contribution is -0.138. The number of aliphatic imine (C=N–C) groups is 1. The van der Waals surface area contributed by atoms with Crippen LogP contribution in [0.25, 0.3) is 0 Å². The van der Waals surface area contributed by atoms with Gasteiger partial charge in [0.25, 0.3) is 11.9 Å². The molecule has 0 bridgehead atoms. The molecule has 6 atom stereocenters. The number of fused-ring (bicyclic) bond motifs is 3. The van der Waals surface area contributed by atoms with Crippen LogP contribution in [0, 0.1) is 0 Å². The van der Waals surface area contributed by atoms with Crippen LogP contribution >= 0.6 is 31.9 Å². The molecule has 0 aromatic heterocycles. The van der Waals surface area contributed by atoms with E-state index < -0.39 is 40.5 Å². The van der Waals surface area contributed by atoms with Gasteiger partial charge in [-0.25, -0.2) is 0 Å². The zero-order valence-electron chi connectivity index (χ0n) is 20.5. The van der Waals surface area contributed by atoms with Gasteiger partial charge in [0.05, 0.1) is 17.5 Å². The highest BCUT2D eigenvalue weighted by molar-refractivity contribution is 9.10. The second-order valence-corrected chi connectivity index (χ2v) is 12.4. The Bertz CT molecular complexity index is 1240. The van der Waals surface area contributed by atoms with Gasteiger partial charge in [-0.05, 0) is 23.6 Å². The fraction of sp³-hybridized carbons (Fsp3) is 0.310. The van der Waals surface area contributed by atoms with Gasteiger partial charge >= 0.3 is 0 Å². The third kappa shape index (κ3) is 4.03. The van der Waals surface area contributed by atoms with Crippen molar-refractivity contribution in [2.24, 2.45) is 4.99 Å². The van der Waals surface area contributed by atoms with E-state index in [1.807, 2.05) is 54.6 Å². The highest BCUT2D eigenvalue weighted by Gasteiger charge is 2.61. The molecule has 0 radical (unpaired) electrons. The van der Waals surface area contributed by atoms with Crippen LogP contribution in [0.4, 0.5) is 0 Å². The molecular formula is C29H26Br2N2O5. The monoisotopic (exact) mass is 640 g/mol. The van der Waals surface area contributed by atoms with Crippen LogP contribution in [0.1, 0.15) is 23.6 Å². The summed E-state index contributed by atoms with van der Waals surface area (Å²) in [6.45, 7) is 1.81. The maximum Gasteiger partial charge on any atom is 0.300 e. The summed E-state index contributed by atoms with van der Waals surface area (Å²) in [6.07, 6.45) is -2.72. The first-order valence-electron chi connectivity index (χ1n) is 12.4. The average Bonchev–Trinajstić information content (AvgIpc) is 3.45. The number of hydrogen-bond donors (Lipinski definition) is 1. The Kier molecular flexibility index (Phi) is 6.68. The van der Waals surface area contributed by atoms with Gasteiger partial charge in [0, 0.05) is 0 Å². The first-order valence-corrected chi connectivity index (χ1v) is 14.1. The van der Waals surface area contributed by atoms with E-state index in [2.05, 4.69) is 73.3 Å². The van der Waals surface area contributed by atoms with Gasteiger partial charge in [0.2, 0.25) is 0 Å². The second kappa shape index (κ2) is 9.88. The summed E-state index contributed by atoms with van der Waals surface area (Å²) in [5, 5.41) is 11.0. The Morgan fingerprint density at radius 3 is 1.97 bits per heavy atom. The number of halogens is 2. The number of amidine groups is 1. The largest absolute Gasteiger partial charge is 0.455 e. The first kappa shape index (κ1) is 25.7. The molecule has 0 aliphatic carbocycles. The standard InChI is InChI=1S/C29H26Br2N2O5/c1-28(31)25(34)32-27-33(26(28)35)24-23(38-27)22(30)21(37-24)17-36-29(18-11-5-2-6-12-18,19-13-7-3-8-14-19)20-15-9-4-10-16-20/h2-16,21-24,26,35H,17H2,1H3/t21-,22-,23+,24-,26-,28+/m1/s1. The van der Waals surface area contributed by atoms with Crippen molar-refractivity contribution in [3.05, 3.63) is 108 Å². The predicted molar refractivity (Wildman–Crippen MR) is 149 cm³/mol. The van der Waals surface area contributed by atoms with Gasteiger partial charge in [0.15, 0.2) is 18.6 Å². The van der Waals surface area contributed by atoms with E-state index in [4.69, 9.17) is 14.2 Å². The maximum absolute atomic E-state index is 12.4. The highest BCUT2D eigenvalue weighted by atomic mass is 79.9. The van der Waals surface area contributed by atoms with Crippen molar-refractivity contribution in [2.45, 2.75) is 46.3 Å². The molecule has 9 heteroatoms. The summed E-state index contributed by atoms with van der Waals surface area (Å²) >= 11 is 7.08. The molecule has 0 spiro atoms. The molecule has 0 saturated carbocycles. The van der Waals surface area contributed by atoms with Crippen molar-refractivity contribution < 1.29 is 24.1 Å². The Labute approximate surface area is 237 Å². The van der Waals surface area contributed by atoms with Crippen molar-refractivity contribution in [2.75, 3.05) is 6.61 Å². The lowest BCUT2D eigenvalue weighted by atomic mass is 9.80. The third-order valence-corrected chi connectivity index (χ3v) is 9.23. The Morgan fingerprint density at radius 1 is 0.974 bits per heavy atom. The van der Waals surface area contributed by atoms with Crippen LogP contribution in [0.15, 0.2) is 96.0 Å². The third-order valence-electron chi connectivity index (χ3n) is 7.37. The number of carbonyl (C=O) groups is 1. The molecule has 0 unspecified atom stereocenters. The molecule has 3 aromatic carbocycles. The second-order valence-electron chi connectivity index (χ2n) is 9.74. The van der Waals surface area contributed by atoms with E-state index in [-0.39, 0.29) is 17.5 Å². The predicted octanol–water partition coefficient (Wildman–Crippen LogP) is 4.55. The smallest absolute Gasteiger partial charge is 0.300 e. The zero-order chi connectivity index (χ0) is 26.5. The topological polar surface area (TPSA) is 80.6 Å². The number of benzene rings is 3. The van der Waals surface area contributed by atoms with Crippen LogP contribution in [-0.4, -0.2) is 62.4 Å². The Hall–Kier alpha value is -2.56. The SMILES string of the molecule is C[C@]1(Br)C(=O)N=C2O[C@H]3[C@H](Br)[C@@H](COC(c4ccccc4)(c4ccccc4)c4ccccc4)O[C@H]3N2[C@@H]1O. The number of carbonyl (C=O) groups excluding carboxylic acids is 1. The normalized spacial score (nSPS) is 30.4. The summed E-state index contributed by atoms with van der Waals surface area (Å²) in [5.74, 6) is -0.499. The van der Waals surface area contributed by atoms with Crippen molar-refractivity contribution >= 4 is 43.8 Å². The number of rotatable bonds is 6. The van der Waals surface area contributed by atoms with Gasteiger partial charge in [-0.2, -0.15) is 4.99 Å². The minimum absolute atomic E-state index is 0.0745. The van der Waals surface area contributed by atoms with Crippen molar-refractivity contribution in [3.63, 3.8) is 0 Å². The number of amides is 1. The summed E-state index contributed by atoms with van der Waals surface area (Å²) in [5.41, 5.74) is 2.09. The zero-order valence-corrected chi connectivity index (χ0v) is 23.7. The van der Waals surface area contributed by atoms with Gasteiger partial charge in [0.1, 0.15) is 9.93 Å². The van der Waals surface area contributed by atoms with Crippen LogP contribution in [0.5, 0.6) is 0 Å². The average molecular weight is 642 g/mol. The first-order chi connectivity index (χ1) is 18.3. The maximum atomic E-state index is 12.4. The molecule has 1 amide bonds. The highest BCUT2D eigenvalue weighted by Crippen LogP contribution is 2.45. The molecule has 2 saturated heterocycles. The van der Waals surface area contributed by atoms with Crippen LogP contribution < -0.4 is 0 Å². The molecule has 3 heterocycles. The van der Waals surface area contributed by atoms with Gasteiger partial charge in [-0.1, -0.05) is 123 Å². The molecule has 6 rings (SSSR count). The van der Waals surface area contributed by atoms with Crippen molar-refractivity contribution in [1.29, 1.82) is 0 Å². The molecule has 2 fully saturated rings. The summed E-state index contributed by atoms with van der Waals surface area (Å²) in [6, 6.07) is 30.5. The summed E-state index contributed by atoms with van der Waals surface area (Å²) in [7, 11) is 0. The van der Waals surface area contributed by atoms with Gasteiger partial charge in [-0.15, -0.1) is 0 Å². The molecule has 3 aromatic rings. The Balaban J connectivity index is 1.34. The van der Waals surface area contributed by atoms with E-state index in [0.29, 0.717) is 0 Å². The lowest BCUT2D eigenvalue weighted by Gasteiger charge is -2.39. The summed E-state index contributed by atoms with van der Waals surface area (Å²) in [4.78, 5) is 17.7. The molecule has 196 valence electrons. The van der Waals surface area contributed by atoms with Crippen LogP contribution in [0.2, 0.25) is 0 Å². The number of ether oxygens (including phenoxy) is 3. The molecule has 1 N–H and O–H groups in total. The fourth-order valence-corrected chi connectivity index (χ4v) is 6.30. The minimum Gasteiger partial charge on any atom is -0.455 e. The van der Waals surface area contributed by atoms with E-state index in [0.717, 1.165) is 16.7 Å². The van der Waals surface area contributed by atoms with E-state index in [1.54, 1.807) is 6.92 Å². The van der Waals surface area contributed by atoms with E-state index in [9.17, 15) is 9.90 Å². The van der Waals surface area contributed by atoms with Gasteiger partial charge < -0.3 is 19.3 Å². The van der Waals surface area contributed by atoms with Crippen molar-refractivity contribution in [3.8, 4) is 0 Å². The number of alkyl halides is 2. The Morgan fingerprint density at radius 2 is 1.47 bits per heavy atom. The van der Waals surface area contributed by atoms with Crippen LogP contribution in [-0.2, 0) is 24.6 Å². The fourth-order valence-electron chi connectivity index (χ4n) is 5.34. The van der Waals surface area contributed by atoms with Crippen molar-refractivity contribution in [1.82, 2.24) is 4.90 Å². The quantitative estimate of drug-likeness (QED) is 0.314. The number of hydrogen-bond acceptors (Lipinski definition) is 6. The van der Waals surface area contributed by atoms with Gasteiger partial charge in [-0.3, -0.25) is 9.69 Å².